The average Bonchev–Trinajstić information content (AvgIpc) is 2.91. The van der Waals surface area contributed by atoms with Crippen LogP contribution >= 0.6 is 11.6 Å². The van der Waals surface area contributed by atoms with E-state index in [1.54, 1.807) is 29.7 Å². The van der Waals surface area contributed by atoms with Crippen LogP contribution in [-0.4, -0.2) is 64.6 Å². The van der Waals surface area contributed by atoms with E-state index in [2.05, 4.69) is 32.1 Å². The van der Waals surface area contributed by atoms with E-state index in [0.717, 1.165) is 37.6 Å². The molecular weight excluding hydrogens is 498 g/mol. The molecule has 0 aliphatic carbocycles. The molecule has 0 unspecified atom stereocenters. The lowest BCUT2D eigenvalue weighted by molar-refractivity contribution is -0.130. The standard InChI is InChI=1S/C25H26ClN7O4/c1-2-22(34)28-18-4-3-5-20(14-18)37-24-21(26)15-27-25(30-24)29-17-6-8-19(9-7-17)33-12-10-32(11-13-33)16-23(35)31-36/h2-9,14-15,36H,1,10-13,16H2,(H,28,34)(H,31,35)(H,27,29,30). The van der Waals surface area contributed by atoms with Gasteiger partial charge in [-0.1, -0.05) is 24.2 Å². The van der Waals surface area contributed by atoms with Gasteiger partial charge in [-0.15, -0.1) is 0 Å². The first kappa shape index (κ1) is 25.9. The minimum Gasteiger partial charge on any atom is -0.437 e. The van der Waals surface area contributed by atoms with E-state index in [0.29, 0.717) is 17.4 Å². The number of hydroxylamine groups is 1. The third-order valence-corrected chi connectivity index (χ3v) is 5.83. The smallest absolute Gasteiger partial charge is 0.257 e. The minimum atomic E-state index is -0.410. The number of carbonyl (C=O) groups is 2. The Kier molecular flexibility index (Phi) is 8.52. The molecule has 3 aromatic rings. The average molecular weight is 524 g/mol. The molecule has 1 fully saturated rings. The Balaban J connectivity index is 1.37. The van der Waals surface area contributed by atoms with Crippen LogP contribution in [0.25, 0.3) is 0 Å². The summed E-state index contributed by atoms with van der Waals surface area (Å²) >= 11 is 6.24. The lowest BCUT2D eigenvalue weighted by Gasteiger charge is -2.35. The lowest BCUT2D eigenvalue weighted by Crippen LogP contribution is -2.49. The molecule has 0 spiro atoms. The van der Waals surface area contributed by atoms with E-state index in [1.165, 1.54) is 12.3 Å². The number of halogens is 1. The number of nitrogens with zero attached hydrogens (tertiary/aromatic N) is 4. The van der Waals surface area contributed by atoms with Crippen molar-refractivity contribution in [1.82, 2.24) is 20.3 Å². The molecule has 2 aromatic carbocycles. The van der Waals surface area contributed by atoms with Crippen LogP contribution in [-0.2, 0) is 9.59 Å². The fraction of sp³-hybridized carbons (Fsp3) is 0.200. The number of hydrogen-bond donors (Lipinski definition) is 4. The Morgan fingerprint density at radius 1 is 1.11 bits per heavy atom. The molecule has 4 rings (SSSR count). The molecule has 37 heavy (non-hydrogen) atoms. The number of nitrogens with one attached hydrogen (secondary N) is 3. The number of benzene rings is 2. The van der Waals surface area contributed by atoms with Gasteiger partial charge in [-0.2, -0.15) is 4.98 Å². The van der Waals surface area contributed by atoms with Gasteiger partial charge in [0.15, 0.2) is 0 Å². The van der Waals surface area contributed by atoms with Crippen molar-refractivity contribution in [3.05, 3.63) is 72.4 Å². The Morgan fingerprint density at radius 2 is 1.86 bits per heavy atom. The molecule has 0 atom stereocenters. The number of rotatable bonds is 9. The fourth-order valence-electron chi connectivity index (χ4n) is 3.71. The Bertz CT molecular complexity index is 1260. The van der Waals surface area contributed by atoms with Gasteiger partial charge in [-0.25, -0.2) is 10.5 Å². The highest BCUT2D eigenvalue weighted by atomic mass is 35.5. The largest absolute Gasteiger partial charge is 0.437 e. The Labute approximate surface area is 218 Å². The third kappa shape index (κ3) is 7.17. The van der Waals surface area contributed by atoms with Crippen molar-refractivity contribution in [3.8, 4) is 11.6 Å². The summed E-state index contributed by atoms with van der Waals surface area (Å²) in [6.45, 7) is 6.59. The van der Waals surface area contributed by atoms with Gasteiger partial charge >= 0.3 is 0 Å². The lowest BCUT2D eigenvalue weighted by atomic mass is 10.2. The van der Waals surface area contributed by atoms with Gasteiger partial charge in [0.25, 0.3) is 5.91 Å². The van der Waals surface area contributed by atoms with Crippen molar-refractivity contribution in [3.63, 3.8) is 0 Å². The van der Waals surface area contributed by atoms with Crippen molar-refractivity contribution in [2.75, 3.05) is 48.3 Å². The molecule has 0 saturated carbocycles. The highest BCUT2D eigenvalue weighted by molar-refractivity contribution is 6.31. The predicted molar refractivity (Wildman–Crippen MR) is 141 cm³/mol. The van der Waals surface area contributed by atoms with Crippen molar-refractivity contribution >= 4 is 46.4 Å². The summed E-state index contributed by atoms with van der Waals surface area (Å²) in [5, 5.41) is 14.7. The summed E-state index contributed by atoms with van der Waals surface area (Å²) in [5.74, 6) is 0.168. The van der Waals surface area contributed by atoms with Gasteiger partial charge in [0.05, 0.1) is 12.7 Å². The predicted octanol–water partition coefficient (Wildman–Crippen LogP) is 3.42. The van der Waals surface area contributed by atoms with E-state index in [-0.39, 0.29) is 23.4 Å². The first-order valence-corrected chi connectivity index (χ1v) is 11.8. The maximum Gasteiger partial charge on any atom is 0.257 e. The SMILES string of the molecule is C=CC(=O)Nc1cccc(Oc2nc(Nc3ccc(N4CCN(CC(=O)NO)CC4)cc3)ncc2Cl)c1. The summed E-state index contributed by atoms with van der Waals surface area (Å²) in [6.07, 6.45) is 2.63. The number of carbonyl (C=O) groups excluding carboxylic acids is 2. The maximum absolute atomic E-state index is 11.5. The molecule has 0 bridgehead atoms. The molecule has 1 aliphatic heterocycles. The van der Waals surface area contributed by atoms with Crippen molar-refractivity contribution in [2.24, 2.45) is 0 Å². The number of piperazine rings is 1. The van der Waals surface area contributed by atoms with Crippen molar-refractivity contribution in [1.29, 1.82) is 0 Å². The van der Waals surface area contributed by atoms with E-state index in [9.17, 15) is 9.59 Å². The van der Waals surface area contributed by atoms with Crippen LogP contribution in [0.5, 0.6) is 11.6 Å². The van der Waals surface area contributed by atoms with Crippen LogP contribution in [0.2, 0.25) is 5.02 Å². The van der Waals surface area contributed by atoms with Gasteiger partial charge in [0.1, 0.15) is 10.8 Å². The summed E-state index contributed by atoms with van der Waals surface area (Å²) in [4.78, 5) is 35.7. The number of ether oxygens (including phenoxy) is 1. The van der Waals surface area contributed by atoms with E-state index < -0.39 is 5.91 Å². The van der Waals surface area contributed by atoms with E-state index >= 15 is 0 Å². The van der Waals surface area contributed by atoms with Crippen molar-refractivity contribution in [2.45, 2.75) is 0 Å². The molecule has 1 saturated heterocycles. The summed E-state index contributed by atoms with van der Waals surface area (Å²) in [6, 6.07) is 14.7. The molecule has 2 heterocycles. The summed E-state index contributed by atoms with van der Waals surface area (Å²) in [7, 11) is 0. The van der Waals surface area contributed by atoms with Crippen LogP contribution in [0, 0.1) is 0 Å². The van der Waals surface area contributed by atoms with E-state index in [4.69, 9.17) is 21.5 Å². The zero-order valence-electron chi connectivity index (χ0n) is 19.9. The highest BCUT2D eigenvalue weighted by Gasteiger charge is 2.19. The Morgan fingerprint density at radius 3 is 2.57 bits per heavy atom. The zero-order valence-corrected chi connectivity index (χ0v) is 20.6. The molecule has 1 aromatic heterocycles. The molecule has 192 valence electrons. The first-order valence-electron chi connectivity index (χ1n) is 11.4. The highest BCUT2D eigenvalue weighted by Crippen LogP contribution is 2.30. The molecular formula is C25H26ClN7O4. The maximum atomic E-state index is 11.5. The number of hydrogen-bond acceptors (Lipinski definition) is 9. The molecule has 4 N–H and O–H groups in total. The van der Waals surface area contributed by atoms with Crippen LogP contribution in [0.1, 0.15) is 0 Å². The Hall–Kier alpha value is -4.19. The zero-order chi connectivity index (χ0) is 26.2. The summed E-state index contributed by atoms with van der Waals surface area (Å²) < 4.78 is 5.83. The molecule has 12 heteroatoms. The van der Waals surface area contributed by atoms with Gasteiger partial charge in [-0.3, -0.25) is 19.7 Å². The van der Waals surface area contributed by atoms with Gasteiger partial charge in [0.2, 0.25) is 17.7 Å². The van der Waals surface area contributed by atoms with Gasteiger partial charge in [0, 0.05) is 49.3 Å². The minimum absolute atomic E-state index is 0.163. The second-order valence-corrected chi connectivity index (χ2v) is 8.55. The summed E-state index contributed by atoms with van der Waals surface area (Å²) in [5.41, 5.74) is 4.05. The second-order valence-electron chi connectivity index (χ2n) is 8.14. The molecule has 0 radical (unpaired) electrons. The van der Waals surface area contributed by atoms with E-state index in [1.807, 2.05) is 29.2 Å². The fourth-order valence-corrected chi connectivity index (χ4v) is 3.84. The third-order valence-electron chi connectivity index (χ3n) is 5.57. The normalized spacial score (nSPS) is 13.5. The monoisotopic (exact) mass is 523 g/mol. The molecule has 11 nitrogen and oxygen atoms in total. The molecule has 1 aliphatic rings. The second kappa shape index (κ2) is 12.2. The van der Waals surface area contributed by atoms with Crippen LogP contribution in [0.3, 0.4) is 0 Å². The van der Waals surface area contributed by atoms with Crippen molar-refractivity contribution < 1.29 is 19.5 Å². The van der Waals surface area contributed by atoms with Crippen LogP contribution in [0.4, 0.5) is 23.0 Å². The quantitative estimate of drug-likeness (QED) is 0.189. The van der Waals surface area contributed by atoms with Gasteiger partial charge < -0.3 is 20.3 Å². The number of aromatic nitrogens is 2. The van der Waals surface area contributed by atoms with Crippen LogP contribution in [0.15, 0.2) is 67.4 Å². The first-order chi connectivity index (χ1) is 17.9. The van der Waals surface area contributed by atoms with Crippen LogP contribution < -0.4 is 25.8 Å². The number of amides is 2. The molecule has 2 amide bonds. The topological polar surface area (TPSA) is 132 Å². The number of anilines is 4. The van der Waals surface area contributed by atoms with Gasteiger partial charge in [-0.05, 0) is 42.5 Å².